The van der Waals surface area contributed by atoms with Crippen LogP contribution in [0.15, 0.2) is 35.5 Å². The molecule has 0 aliphatic heterocycles. The van der Waals surface area contributed by atoms with E-state index >= 15 is 0 Å². The molecule has 3 aliphatic carbocycles. The van der Waals surface area contributed by atoms with Crippen LogP contribution in [0.1, 0.15) is 85.5 Å². The number of carboxylic acids is 1. The van der Waals surface area contributed by atoms with Gasteiger partial charge in [-0.25, -0.2) is 0 Å². The summed E-state index contributed by atoms with van der Waals surface area (Å²) in [5, 5.41) is 30.2. The Balaban J connectivity index is 1.80. The van der Waals surface area contributed by atoms with Gasteiger partial charge in [-0.3, -0.25) is 4.79 Å². The van der Waals surface area contributed by atoms with Crippen molar-refractivity contribution in [2.45, 2.75) is 97.7 Å². The maximum atomic E-state index is 12.1. The molecule has 4 heteroatoms. The number of aliphatic hydroxyl groups excluding tert-OH is 2. The fraction of sp³-hybridized carbons (Fsp3) is 0.750. The van der Waals surface area contributed by atoms with Gasteiger partial charge in [0.05, 0.1) is 18.1 Å². The molecule has 0 aromatic heterocycles. The largest absolute Gasteiger partial charge is 0.481 e. The number of hydrogen-bond donors (Lipinski definition) is 3. The van der Waals surface area contributed by atoms with Crippen LogP contribution >= 0.6 is 0 Å². The van der Waals surface area contributed by atoms with Crippen molar-refractivity contribution >= 4 is 5.97 Å². The second kappa shape index (κ2) is 10.3. The number of carbonyl (C=O) groups is 1. The number of allylic oxidation sites excluding steroid dienone is 3. The van der Waals surface area contributed by atoms with Crippen molar-refractivity contribution in [1.82, 2.24) is 0 Å². The van der Waals surface area contributed by atoms with Crippen LogP contribution in [0.25, 0.3) is 0 Å². The first-order valence-corrected chi connectivity index (χ1v) is 12.7. The van der Waals surface area contributed by atoms with Gasteiger partial charge in [-0.15, -0.1) is 0 Å². The van der Waals surface area contributed by atoms with E-state index in [0.29, 0.717) is 30.6 Å². The highest BCUT2D eigenvalue weighted by Crippen LogP contribution is 2.60. The molecule has 3 saturated carbocycles. The molecule has 0 amide bonds. The summed E-state index contributed by atoms with van der Waals surface area (Å²) in [7, 11) is 0. The topological polar surface area (TPSA) is 77.8 Å². The Morgan fingerprint density at radius 3 is 2.56 bits per heavy atom. The number of aliphatic carboxylic acids is 1. The van der Waals surface area contributed by atoms with E-state index in [0.717, 1.165) is 49.7 Å². The van der Waals surface area contributed by atoms with Gasteiger partial charge in [0.2, 0.25) is 0 Å². The maximum absolute atomic E-state index is 12.1. The van der Waals surface area contributed by atoms with Crippen LogP contribution in [0, 0.1) is 35.0 Å². The summed E-state index contributed by atoms with van der Waals surface area (Å²) >= 11 is 0. The highest BCUT2D eigenvalue weighted by molar-refractivity contribution is 5.70. The molecule has 0 radical (unpaired) electrons. The highest BCUT2D eigenvalue weighted by Gasteiger charge is 2.52. The molecule has 0 aromatic carbocycles. The number of rotatable bonds is 7. The quantitative estimate of drug-likeness (QED) is 0.457. The van der Waals surface area contributed by atoms with Crippen molar-refractivity contribution in [1.29, 1.82) is 0 Å². The predicted molar refractivity (Wildman–Crippen MR) is 129 cm³/mol. The SMILES string of the molecule is C=C1/C(=C\C=C2CCC[C@@]3(C)C2CC[C@@H]3[C@H](C)C(CCC(C)C)C(=O)O)C[C@@H](O)C[C@H]1O. The van der Waals surface area contributed by atoms with Gasteiger partial charge in [0, 0.05) is 6.42 Å². The minimum Gasteiger partial charge on any atom is -0.481 e. The van der Waals surface area contributed by atoms with Crippen LogP contribution in [0.3, 0.4) is 0 Å². The molecule has 3 N–H and O–H groups in total. The number of hydrogen-bond acceptors (Lipinski definition) is 3. The van der Waals surface area contributed by atoms with E-state index in [4.69, 9.17) is 0 Å². The van der Waals surface area contributed by atoms with Crippen molar-refractivity contribution in [3.05, 3.63) is 35.5 Å². The summed E-state index contributed by atoms with van der Waals surface area (Å²) < 4.78 is 0. The molecule has 3 fully saturated rings. The van der Waals surface area contributed by atoms with Crippen molar-refractivity contribution in [3.8, 4) is 0 Å². The molecule has 0 saturated heterocycles. The second-order valence-corrected chi connectivity index (χ2v) is 11.4. The molecule has 3 aliphatic rings. The van der Waals surface area contributed by atoms with Crippen LogP contribution in [0.5, 0.6) is 0 Å². The number of aliphatic hydroxyl groups is 2. The first kappa shape index (κ1) is 25.2. The van der Waals surface area contributed by atoms with Gasteiger partial charge < -0.3 is 15.3 Å². The molecule has 180 valence electrons. The van der Waals surface area contributed by atoms with Gasteiger partial charge in [0.1, 0.15) is 0 Å². The average Bonchev–Trinajstić information content (AvgIpc) is 3.06. The summed E-state index contributed by atoms with van der Waals surface area (Å²) in [6, 6.07) is 0. The molecule has 4 nitrogen and oxygen atoms in total. The molecule has 32 heavy (non-hydrogen) atoms. The van der Waals surface area contributed by atoms with Crippen molar-refractivity contribution in [2.75, 3.05) is 0 Å². The van der Waals surface area contributed by atoms with E-state index in [1.165, 1.54) is 12.0 Å². The zero-order chi connectivity index (χ0) is 23.6. The lowest BCUT2D eigenvalue weighted by molar-refractivity contribution is -0.145. The Kier molecular flexibility index (Phi) is 8.09. The van der Waals surface area contributed by atoms with Gasteiger partial charge in [0.25, 0.3) is 0 Å². The number of fused-ring (bicyclic) bond motifs is 1. The van der Waals surface area contributed by atoms with Crippen LogP contribution in [0.4, 0.5) is 0 Å². The normalized spacial score (nSPS) is 37.7. The number of carboxylic acid groups (broad SMARTS) is 1. The van der Waals surface area contributed by atoms with Crippen LogP contribution in [0.2, 0.25) is 0 Å². The summed E-state index contributed by atoms with van der Waals surface area (Å²) in [5.74, 6) is 0.747. The first-order chi connectivity index (χ1) is 15.0. The van der Waals surface area contributed by atoms with Crippen molar-refractivity contribution in [3.63, 3.8) is 0 Å². The van der Waals surface area contributed by atoms with Crippen molar-refractivity contribution < 1.29 is 20.1 Å². The molecule has 0 spiro atoms. The minimum absolute atomic E-state index is 0.149. The second-order valence-electron chi connectivity index (χ2n) is 11.4. The molecule has 7 atom stereocenters. The van der Waals surface area contributed by atoms with Gasteiger partial charge in [0.15, 0.2) is 0 Å². The smallest absolute Gasteiger partial charge is 0.306 e. The van der Waals surface area contributed by atoms with Crippen molar-refractivity contribution in [2.24, 2.45) is 35.0 Å². The fourth-order valence-electron chi connectivity index (χ4n) is 7.01. The van der Waals surface area contributed by atoms with Gasteiger partial charge in [-0.05, 0) is 85.2 Å². The van der Waals surface area contributed by atoms with Gasteiger partial charge >= 0.3 is 5.97 Å². The lowest BCUT2D eigenvalue weighted by Gasteiger charge is -2.45. The summed E-state index contributed by atoms with van der Waals surface area (Å²) in [6.45, 7) is 13.0. The standard InChI is InChI=1S/C28H44O4/c1-17(2)8-11-23(27(31)32)19(4)24-12-13-25-20(7-6-14-28(24,25)5)9-10-21-15-22(29)16-26(30)18(21)3/h9-10,17,19,22-26,29-30H,3,6-8,11-16H2,1-2,4-5H3,(H,31,32)/b20-9?,21-10-/t19-,22-,23?,24-,25?,26-,28-/m1/s1. The summed E-state index contributed by atoms with van der Waals surface area (Å²) in [5.41, 5.74) is 3.30. The molecular formula is C28H44O4. The van der Waals surface area contributed by atoms with Gasteiger partial charge in [-0.1, -0.05) is 58.4 Å². The fourth-order valence-corrected chi connectivity index (χ4v) is 7.01. The lowest BCUT2D eigenvalue weighted by atomic mass is 9.59. The van der Waals surface area contributed by atoms with E-state index in [2.05, 4.69) is 46.4 Å². The third-order valence-corrected chi connectivity index (χ3v) is 8.94. The van der Waals surface area contributed by atoms with E-state index in [9.17, 15) is 20.1 Å². The third-order valence-electron chi connectivity index (χ3n) is 8.94. The third kappa shape index (κ3) is 5.22. The Morgan fingerprint density at radius 2 is 1.91 bits per heavy atom. The Bertz CT molecular complexity index is 763. The van der Waals surface area contributed by atoms with E-state index < -0.39 is 18.2 Å². The van der Waals surface area contributed by atoms with Crippen LogP contribution in [-0.4, -0.2) is 33.5 Å². The van der Waals surface area contributed by atoms with Gasteiger partial charge in [-0.2, -0.15) is 0 Å². The zero-order valence-corrected chi connectivity index (χ0v) is 20.5. The highest BCUT2D eigenvalue weighted by atomic mass is 16.4. The first-order valence-electron chi connectivity index (χ1n) is 12.7. The lowest BCUT2D eigenvalue weighted by Crippen LogP contribution is -2.39. The predicted octanol–water partition coefficient (Wildman–Crippen LogP) is 5.90. The van der Waals surface area contributed by atoms with Crippen LogP contribution in [-0.2, 0) is 4.79 Å². The minimum atomic E-state index is -0.657. The summed E-state index contributed by atoms with van der Waals surface area (Å²) in [4.78, 5) is 12.1. The Hall–Kier alpha value is -1.39. The maximum Gasteiger partial charge on any atom is 0.306 e. The summed E-state index contributed by atoms with van der Waals surface area (Å²) in [6.07, 6.45) is 11.4. The van der Waals surface area contributed by atoms with E-state index in [1.807, 2.05) is 0 Å². The van der Waals surface area contributed by atoms with E-state index in [1.54, 1.807) is 0 Å². The molecule has 3 rings (SSSR count). The molecule has 0 aromatic rings. The Morgan fingerprint density at radius 1 is 1.19 bits per heavy atom. The zero-order valence-electron chi connectivity index (χ0n) is 20.5. The molecule has 2 unspecified atom stereocenters. The molecular weight excluding hydrogens is 400 g/mol. The average molecular weight is 445 g/mol. The monoisotopic (exact) mass is 444 g/mol. The molecule has 0 heterocycles. The van der Waals surface area contributed by atoms with E-state index in [-0.39, 0.29) is 17.3 Å². The Labute approximate surface area is 194 Å². The molecule has 0 bridgehead atoms. The van der Waals surface area contributed by atoms with Crippen LogP contribution < -0.4 is 0 Å².